The van der Waals surface area contributed by atoms with Crippen LogP contribution in [0.2, 0.25) is 0 Å². The molecule has 138 valence electrons. The Hall–Kier alpha value is -2.07. The van der Waals surface area contributed by atoms with E-state index < -0.39 is 0 Å². The zero-order valence-corrected chi connectivity index (χ0v) is 15.5. The second-order valence-corrected chi connectivity index (χ2v) is 7.51. The van der Waals surface area contributed by atoms with E-state index in [0.717, 1.165) is 43.9 Å². The first-order chi connectivity index (χ1) is 12.8. The van der Waals surface area contributed by atoms with Crippen LogP contribution in [0.3, 0.4) is 0 Å². The van der Waals surface area contributed by atoms with Crippen LogP contribution in [0.5, 0.6) is 5.75 Å². The second-order valence-electron chi connectivity index (χ2n) is 7.51. The average Bonchev–Trinajstić information content (AvgIpc) is 3.04. The highest BCUT2D eigenvalue weighted by Crippen LogP contribution is 2.36. The molecule has 1 fully saturated rings. The third-order valence-corrected chi connectivity index (χ3v) is 5.67. The molecule has 1 aliphatic carbocycles. The number of pyridine rings is 1. The number of nitrogens with one attached hydrogen (secondary N) is 1. The molecule has 0 saturated carbocycles. The molecule has 0 spiro atoms. The maximum atomic E-state index is 6.25. The second kappa shape index (κ2) is 8.09. The molecule has 1 atom stereocenters. The van der Waals surface area contributed by atoms with Gasteiger partial charge in [-0.2, -0.15) is 0 Å². The van der Waals surface area contributed by atoms with Crippen LogP contribution in [0.15, 0.2) is 30.3 Å². The first-order valence-corrected chi connectivity index (χ1v) is 10.0. The normalized spacial score (nSPS) is 19.8. The summed E-state index contributed by atoms with van der Waals surface area (Å²) in [4.78, 5) is 4.55. The first-order valence-electron chi connectivity index (χ1n) is 10.0. The van der Waals surface area contributed by atoms with Crippen molar-refractivity contribution in [2.45, 2.75) is 57.4 Å². The third kappa shape index (κ3) is 3.85. The Kier molecular flexibility index (Phi) is 5.40. The standard InChI is InChI=1S/C22H29N3O/c23-22-10-4-9-20(25-22)18-11-12-21(19-8-3-1-2-7-17(18)19)26-15-13-16-6-5-14-24-16/h4,9-12,16,24H,1-3,5-8,13-15H2,(H2,23,25). The topological polar surface area (TPSA) is 60.2 Å². The number of aromatic nitrogens is 1. The van der Waals surface area contributed by atoms with Crippen LogP contribution in [0, 0.1) is 0 Å². The van der Waals surface area contributed by atoms with Gasteiger partial charge in [-0.3, -0.25) is 0 Å². The average molecular weight is 351 g/mol. The van der Waals surface area contributed by atoms with Crippen molar-refractivity contribution in [1.82, 2.24) is 10.3 Å². The summed E-state index contributed by atoms with van der Waals surface area (Å²) in [5, 5.41) is 3.55. The summed E-state index contributed by atoms with van der Waals surface area (Å²) in [6.07, 6.45) is 9.62. The molecule has 1 saturated heterocycles. The van der Waals surface area contributed by atoms with Crippen molar-refractivity contribution < 1.29 is 4.74 Å². The Morgan fingerprint density at radius 2 is 1.92 bits per heavy atom. The van der Waals surface area contributed by atoms with Crippen LogP contribution in [0.1, 0.15) is 49.7 Å². The van der Waals surface area contributed by atoms with Gasteiger partial charge in [-0.1, -0.05) is 12.5 Å². The molecule has 2 aromatic rings. The summed E-state index contributed by atoms with van der Waals surface area (Å²) in [5.74, 6) is 1.65. The predicted molar refractivity (Wildman–Crippen MR) is 106 cm³/mol. The quantitative estimate of drug-likeness (QED) is 0.796. The van der Waals surface area contributed by atoms with Gasteiger partial charge in [0.2, 0.25) is 0 Å². The van der Waals surface area contributed by atoms with Crippen molar-refractivity contribution in [3.63, 3.8) is 0 Å². The fourth-order valence-corrected chi connectivity index (χ4v) is 4.30. The van der Waals surface area contributed by atoms with Gasteiger partial charge in [0.25, 0.3) is 0 Å². The molecule has 0 radical (unpaired) electrons. The molecule has 3 N–H and O–H groups in total. The fourth-order valence-electron chi connectivity index (χ4n) is 4.30. The number of benzene rings is 1. The number of hydrogen-bond acceptors (Lipinski definition) is 4. The predicted octanol–water partition coefficient (Wildman–Crippen LogP) is 4.12. The molecule has 4 nitrogen and oxygen atoms in total. The maximum Gasteiger partial charge on any atom is 0.124 e. The summed E-state index contributed by atoms with van der Waals surface area (Å²) in [5.41, 5.74) is 10.9. The highest BCUT2D eigenvalue weighted by molar-refractivity contribution is 5.69. The van der Waals surface area contributed by atoms with E-state index in [2.05, 4.69) is 28.5 Å². The van der Waals surface area contributed by atoms with Crippen LogP contribution in [-0.4, -0.2) is 24.2 Å². The van der Waals surface area contributed by atoms with Gasteiger partial charge in [-0.15, -0.1) is 0 Å². The molecule has 2 heterocycles. The Morgan fingerprint density at radius 1 is 1.04 bits per heavy atom. The molecular formula is C22H29N3O. The number of hydrogen-bond donors (Lipinski definition) is 2. The molecule has 0 bridgehead atoms. The fraction of sp³-hybridized carbons (Fsp3) is 0.500. The summed E-state index contributed by atoms with van der Waals surface area (Å²) in [6.45, 7) is 1.95. The summed E-state index contributed by atoms with van der Waals surface area (Å²) < 4.78 is 6.25. The van der Waals surface area contributed by atoms with Gasteiger partial charge in [-0.05, 0) is 86.9 Å². The van der Waals surface area contributed by atoms with E-state index in [1.807, 2.05) is 12.1 Å². The van der Waals surface area contributed by atoms with Crippen molar-refractivity contribution >= 4 is 5.82 Å². The first kappa shape index (κ1) is 17.3. The molecule has 1 unspecified atom stereocenters. The zero-order chi connectivity index (χ0) is 17.8. The lowest BCUT2D eigenvalue weighted by atomic mass is 9.94. The maximum absolute atomic E-state index is 6.25. The number of nitrogen functional groups attached to an aromatic ring is 1. The van der Waals surface area contributed by atoms with Crippen molar-refractivity contribution in [2.75, 3.05) is 18.9 Å². The van der Waals surface area contributed by atoms with E-state index in [4.69, 9.17) is 10.5 Å². The van der Waals surface area contributed by atoms with E-state index in [1.54, 1.807) is 0 Å². The van der Waals surface area contributed by atoms with Crippen molar-refractivity contribution in [2.24, 2.45) is 0 Å². The van der Waals surface area contributed by atoms with Crippen LogP contribution in [0.4, 0.5) is 5.82 Å². The monoisotopic (exact) mass is 351 g/mol. The summed E-state index contributed by atoms with van der Waals surface area (Å²) in [6, 6.07) is 10.8. The molecule has 26 heavy (non-hydrogen) atoms. The van der Waals surface area contributed by atoms with Gasteiger partial charge in [0, 0.05) is 11.6 Å². The largest absolute Gasteiger partial charge is 0.493 e. The van der Waals surface area contributed by atoms with E-state index in [-0.39, 0.29) is 0 Å². The Morgan fingerprint density at radius 3 is 2.73 bits per heavy atom. The molecule has 4 rings (SSSR count). The highest BCUT2D eigenvalue weighted by atomic mass is 16.5. The van der Waals surface area contributed by atoms with Crippen molar-refractivity contribution in [3.8, 4) is 17.0 Å². The minimum Gasteiger partial charge on any atom is -0.493 e. The number of anilines is 1. The van der Waals surface area contributed by atoms with E-state index >= 15 is 0 Å². The lowest BCUT2D eigenvalue weighted by Gasteiger charge is -2.18. The van der Waals surface area contributed by atoms with Crippen LogP contribution in [0.25, 0.3) is 11.3 Å². The molecule has 1 aliphatic heterocycles. The zero-order valence-electron chi connectivity index (χ0n) is 15.5. The number of fused-ring (bicyclic) bond motifs is 1. The molecular weight excluding hydrogens is 322 g/mol. The Balaban J connectivity index is 1.59. The van der Waals surface area contributed by atoms with Gasteiger partial charge in [-0.25, -0.2) is 4.98 Å². The molecule has 0 amide bonds. The van der Waals surface area contributed by atoms with Gasteiger partial charge in [0.05, 0.1) is 12.3 Å². The van der Waals surface area contributed by atoms with Crippen LogP contribution < -0.4 is 15.8 Å². The lowest BCUT2D eigenvalue weighted by Crippen LogP contribution is -2.23. The van der Waals surface area contributed by atoms with Crippen molar-refractivity contribution in [3.05, 3.63) is 41.5 Å². The highest BCUT2D eigenvalue weighted by Gasteiger charge is 2.19. The summed E-state index contributed by atoms with van der Waals surface area (Å²) in [7, 11) is 0. The number of ether oxygens (including phenoxy) is 1. The third-order valence-electron chi connectivity index (χ3n) is 5.67. The lowest BCUT2D eigenvalue weighted by molar-refractivity contribution is 0.289. The number of nitrogens with two attached hydrogens (primary N) is 1. The minimum absolute atomic E-state index is 0.578. The van der Waals surface area contributed by atoms with Gasteiger partial charge in [0.15, 0.2) is 0 Å². The number of nitrogens with zero attached hydrogens (tertiary/aromatic N) is 1. The Bertz CT molecular complexity index is 753. The molecule has 1 aromatic carbocycles. The van der Waals surface area contributed by atoms with Gasteiger partial charge in [0.1, 0.15) is 11.6 Å². The van der Waals surface area contributed by atoms with Crippen LogP contribution in [-0.2, 0) is 12.8 Å². The number of rotatable bonds is 5. The molecule has 4 heteroatoms. The van der Waals surface area contributed by atoms with E-state index in [1.165, 1.54) is 48.8 Å². The molecule has 2 aliphatic rings. The van der Waals surface area contributed by atoms with Crippen molar-refractivity contribution in [1.29, 1.82) is 0 Å². The van der Waals surface area contributed by atoms with Crippen LogP contribution >= 0.6 is 0 Å². The SMILES string of the molecule is Nc1cccc(-c2ccc(OCCC3CCCN3)c3c2CCCCC3)n1. The molecule has 1 aromatic heterocycles. The van der Waals surface area contributed by atoms with E-state index in [9.17, 15) is 0 Å². The minimum atomic E-state index is 0.578. The summed E-state index contributed by atoms with van der Waals surface area (Å²) >= 11 is 0. The van der Waals surface area contributed by atoms with Gasteiger partial charge < -0.3 is 15.8 Å². The van der Waals surface area contributed by atoms with Gasteiger partial charge >= 0.3 is 0 Å². The van der Waals surface area contributed by atoms with E-state index in [0.29, 0.717) is 11.9 Å². The Labute approximate surface area is 156 Å². The smallest absolute Gasteiger partial charge is 0.124 e.